The van der Waals surface area contributed by atoms with E-state index < -0.39 is 24.3 Å². The lowest BCUT2D eigenvalue weighted by molar-refractivity contribution is -0.137. The van der Waals surface area contributed by atoms with Crippen LogP contribution in [0.2, 0.25) is 0 Å². The number of nitrogens with two attached hydrogens (primary N) is 1. The molecule has 1 aliphatic rings. The first-order valence-corrected chi connectivity index (χ1v) is 3.85. The third kappa shape index (κ3) is 2.21. The summed E-state index contributed by atoms with van der Waals surface area (Å²) in [6.07, 6.45) is 0.557. The van der Waals surface area contributed by atoms with Crippen molar-refractivity contribution in [3.63, 3.8) is 0 Å². The van der Waals surface area contributed by atoms with E-state index >= 15 is 0 Å². The molecule has 7 nitrogen and oxygen atoms in total. The number of carbonyl (C=O) groups excluding carboxylic acids is 1. The van der Waals surface area contributed by atoms with E-state index in [0.717, 1.165) is 0 Å². The Labute approximate surface area is 79.9 Å². The number of hydrogen-bond donors (Lipinski definition) is 4. The predicted molar refractivity (Wildman–Crippen MR) is 46.2 cm³/mol. The Kier molecular flexibility index (Phi) is 3.05. The molecule has 2 atom stereocenters. The summed E-state index contributed by atoms with van der Waals surface area (Å²) < 4.78 is 4.86. The van der Waals surface area contributed by atoms with Crippen molar-refractivity contribution in [2.45, 2.75) is 12.3 Å². The molecule has 0 spiro atoms. The zero-order valence-corrected chi connectivity index (χ0v) is 7.48. The maximum absolute atomic E-state index is 10.8. The van der Waals surface area contributed by atoms with E-state index in [9.17, 15) is 9.59 Å². The first-order chi connectivity index (χ1) is 6.54. The van der Waals surface area contributed by atoms with Gasteiger partial charge in [-0.2, -0.15) is 0 Å². The number of carbonyl (C=O) groups is 2. The fourth-order valence-electron chi connectivity index (χ4n) is 1.01. The van der Waals surface area contributed by atoms with E-state index in [0.29, 0.717) is 5.70 Å². The Morgan fingerprint density at radius 2 is 2.43 bits per heavy atom. The van der Waals surface area contributed by atoms with Crippen LogP contribution in [0.25, 0.3) is 0 Å². The summed E-state index contributed by atoms with van der Waals surface area (Å²) in [4.78, 5) is 21.3. The minimum atomic E-state index is -1.17. The zero-order chi connectivity index (χ0) is 10.7. The Bertz CT molecular complexity index is 289. The number of methoxy groups -OCH3 is 1. The molecule has 1 heterocycles. The molecule has 7 heteroatoms. The Balaban J connectivity index is 2.75. The average molecular weight is 201 g/mol. The molecule has 1 aliphatic heterocycles. The van der Waals surface area contributed by atoms with Gasteiger partial charge >= 0.3 is 12.0 Å². The fraction of sp³-hybridized carbons (Fsp3) is 0.429. The molecule has 0 aromatic rings. The van der Waals surface area contributed by atoms with Gasteiger partial charge in [0.05, 0.1) is 5.70 Å². The van der Waals surface area contributed by atoms with Gasteiger partial charge in [0.15, 0.2) is 6.23 Å². The number of urea groups is 1. The zero-order valence-electron chi connectivity index (χ0n) is 7.48. The van der Waals surface area contributed by atoms with Gasteiger partial charge in [0.25, 0.3) is 0 Å². The van der Waals surface area contributed by atoms with Crippen LogP contribution in [0.4, 0.5) is 4.79 Å². The fourth-order valence-corrected chi connectivity index (χ4v) is 1.01. The molecule has 14 heavy (non-hydrogen) atoms. The van der Waals surface area contributed by atoms with Crippen LogP contribution in [0.1, 0.15) is 0 Å². The highest BCUT2D eigenvalue weighted by molar-refractivity contribution is 5.81. The normalized spacial score (nSPS) is 25.7. The van der Waals surface area contributed by atoms with Gasteiger partial charge < -0.3 is 26.2 Å². The second-order valence-electron chi connectivity index (χ2n) is 2.70. The van der Waals surface area contributed by atoms with Gasteiger partial charge in [-0.15, -0.1) is 0 Å². The van der Waals surface area contributed by atoms with E-state index in [1.54, 1.807) is 0 Å². The maximum Gasteiger partial charge on any atom is 0.324 e. The molecule has 1 saturated heterocycles. The standard InChI is InChI=1S/C7H11N3O4/c1-14-5-4(9-7(13)10-5)2-3(8)6(11)12/h2-3,5H,8H2,1H3,(H,11,12)(H2,9,10,13). The van der Waals surface area contributed by atoms with Crippen LogP contribution in [0.3, 0.4) is 0 Å². The van der Waals surface area contributed by atoms with Gasteiger partial charge in [0.1, 0.15) is 6.04 Å². The highest BCUT2D eigenvalue weighted by atomic mass is 16.5. The highest BCUT2D eigenvalue weighted by Gasteiger charge is 2.26. The molecule has 2 amide bonds. The molecule has 0 aliphatic carbocycles. The third-order valence-electron chi connectivity index (χ3n) is 1.68. The summed E-state index contributed by atoms with van der Waals surface area (Å²) in [7, 11) is 1.39. The van der Waals surface area contributed by atoms with Crippen LogP contribution < -0.4 is 16.4 Å². The van der Waals surface area contributed by atoms with Gasteiger partial charge in [-0.25, -0.2) is 4.79 Å². The number of ether oxygens (including phenoxy) is 1. The van der Waals surface area contributed by atoms with Crippen LogP contribution in [-0.4, -0.2) is 36.5 Å². The lowest BCUT2D eigenvalue weighted by Crippen LogP contribution is -2.31. The van der Waals surface area contributed by atoms with Crippen LogP contribution in [0, 0.1) is 0 Å². The molecule has 0 radical (unpaired) electrons. The van der Waals surface area contributed by atoms with Gasteiger partial charge in [-0.3, -0.25) is 4.79 Å². The number of carboxylic acid groups (broad SMARTS) is 1. The molecular weight excluding hydrogens is 190 g/mol. The summed E-state index contributed by atoms with van der Waals surface area (Å²) in [6, 6.07) is -1.61. The lowest BCUT2D eigenvalue weighted by Gasteiger charge is -2.09. The van der Waals surface area contributed by atoms with Crippen molar-refractivity contribution in [3.05, 3.63) is 11.8 Å². The van der Waals surface area contributed by atoms with E-state index in [-0.39, 0.29) is 0 Å². The first kappa shape index (κ1) is 10.5. The molecule has 5 N–H and O–H groups in total. The smallest absolute Gasteiger partial charge is 0.324 e. The summed E-state index contributed by atoms with van der Waals surface area (Å²) in [5, 5.41) is 13.3. The van der Waals surface area contributed by atoms with Crippen molar-refractivity contribution in [1.29, 1.82) is 0 Å². The molecule has 1 rings (SSSR count). The van der Waals surface area contributed by atoms with Crippen molar-refractivity contribution < 1.29 is 19.4 Å². The SMILES string of the molecule is COC1NC(=O)NC1=CC(N)C(=O)O. The second kappa shape index (κ2) is 4.07. The number of amides is 2. The van der Waals surface area contributed by atoms with Crippen LogP contribution in [-0.2, 0) is 9.53 Å². The number of nitrogens with one attached hydrogen (secondary N) is 2. The van der Waals surface area contributed by atoms with E-state index in [1.165, 1.54) is 13.2 Å². The molecule has 0 bridgehead atoms. The second-order valence-corrected chi connectivity index (χ2v) is 2.70. The molecule has 0 saturated carbocycles. The quantitative estimate of drug-likeness (QED) is 0.447. The lowest BCUT2D eigenvalue weighted by atomic mass is 10.2. The van der Waals surface area contributed by atoms with Crippen molar-refractivity contribution in [3.8, 4) is 0 Å². The molecule has 0 aromatic heterocycles. The number of aliphatic carboxylic acids is 1. The Morgan fingerprint density at radius 3 is 2.93 bits per heavy atom. The van der Waals surface area contributed by atoms with E-state index in [1.807, 2.05) is 0 Å². The summed E-state index contributed by atoms with van der Waals surface area (Å²) in [6.45, 7) is 0. The largest absolute Gasteiger partial charge is 0.480 e. The Hall–Kier alpha value is -1.60. The van der Waals surface area contributed by atoms with Gasteiger partial charge in [-0.05, 0) is 6.08 Å². The number of hydrogen-bond acceptors (Lipinski definition) is 4. The topological polar surface area (TPSA) is 114 Å². The van der Waals surface area contributed by atoms with E-state index in [2.05, 4.69) is 10.6 Å². The maximum atomic E-state index is 10.8. The number of rotatable bonds is 3. The monoisotopic (exact) mass is 201 g/mol. The van der Waals surface area contributed by atoms with Gasteiger partial charge in [0.2, 0.25) is 0 Å². The van der Waals surface area contributed by atoms with Gasteiger partial charge in [-0.1, -0.05) is 0 Å². The minimum absolute atomic E-state index is 0.312. The molecule has 2 unspecified atom stereocenters. The van der Waals surface area contributed by atoms with E-state index in [4.69, 9.17) is 15.6 Å². The Morgan fingerprint density at radius 1 is 1.79 bits per heavy atom. The minimum Gasteiger partial charge on any atom is -0.480 e. The van der Waals surface area contributed by atoms with Crippen LogP contribution in [0.15, 0.2) is 11.8 Å². The van der Waals surface area contributed by atoms with Crippen molar-refractivity contribution in [2.75, 3.05) is 7.11 Å². The summed E-state index contributed by atoms with van der Waals surface area (Å²) >= 11 is 0. The predicted octanol–water partition coefficient (Wildman–Crippen LogP) is -1.43. The summed E-state index contributed by atoms with van der Waals surface area (Å²) in [5.74, 6) is -1.17. The highest BCUT2D eigenvalue weighted by Crippen LogP contribution is 2.06. The average Bonchev–Trinajstić information content (AvgIpc) is 2.45. The van der Waals surface area contributed by atoms with Crippen LogP contribution >= 0.6 is 0 Å². The first-order valence-electron chi connectivity index (χ1n) is 3.85. The number of carboxylic acids is 1. The third-order valence-corrected chi connectivity index (χ3v) is 1.68. The molecule has 1 fully saturated rings. The van der Waals surface area contributed by atoms with Gasteiger partial charge in [0, 0.05) is 7.11 Å². The van der Waals surface area contributed by atoms with Crippen LogP contribution in [0.5, 0.6) is 0 Å². The molecule has 78 valence electrons. The van der Waals surface area contributed by atoms with Crippen molar-refractivity contribution in [2.24, 2.45) is 5.73 Å². The summed E-state index contributed by atoms with van der Waals surface area (Å²) in [5.41, 5.74) is 5.56. The molecular formula is C7H11N3O4. The molecule has 0 aromatic carbocycles. The van der Waals surface area contributed by atoms with Crippen molar-refractivity contribution >= 4 is 12.0 Å². The van der Waals surface area contributed by atoms with Crippen molar-refractivity contribution in [1.82, 2.24) is 10.6 Å².